The van der Waals surface area contributed by atoms with Crippen molar-refractivity contribution in [3.63, 3.8) is 0 Å². The smallest absolute Gasteiger partial charge is 0.259 e. The van der Waals surface area contributed by atoms with Crippen LogP contribution in [0.15, 0.2) is 60.8 Å². The highest BCUT2D eigenvalue weighted by Gasteiger charge is 2.35. The van der Waals surface area contributed by atoms with E-state index in [9.17, 15) is 19.1 Å². The molecule has 194 valence electrons. The van der Waals surface area contributed by atoms with Crippen molar-refractivity contribution in [3.05, 3.63) is 83.3 Å². The summed E-state index contributed by atoms with van der Waals surface area (Å²) < 4.78 is 19.6. The third kappa shape index (κ3) is 5.64. The Hall–Kier alpha value is -3.78. The molecule has 8 heteroatoms. The number of carbonyl (C=O) groups is 2. The maximum absolute atomic E-state index is 13.7. The number of aryl methyl sites for hydroxylation is 1. The first-order valence-electron chi connectivity index (χ1n) is 12.3. The van der Waals surface area contributed by atoms with Crippen molar-refractivity contribution in [2.75, 3.05) is 26.7 Å². The molecule has 3 atom stereocenters. The molecule has 0 unspecified atom stereocenters. The lowest BCUT2D eigenvalue weighted by molar-refractivity contribution is 0.0313. The van der Waals surface area contributed by atoms with Crippen LogP contribution in [0, 0.1) is 18.7 Å². The third-order valence-electron chi connectivity index (χ3n) is 6.87. The summed E-state index contributed by atoms with van der Waals surface area (Å²) in [6.45, 7) is 6.11. The quantitative estimate of drug-likeness (QED) is 0.543. The van der Waals surface area contributed by atoms with Gasteiger partial charge in [0, 0.05) is 36.8 Å². The number of pyridine rings is 1. The molecule has 1 aliphatic heterocycles. The zero-order valence-electron chi connectivity index (χ0n) is 21.5. The average Bonchev–Trinajstić information content (AvgIpc) is 2.90. The van der Waals surface area contributed by atoms with E-state index in [2.05, 4.69) is 4.98 Å². The molecule has 7 nitrogen and oxygen atoms in total. The predicted octanol–water partition coefficient (Wildman–Crippen LogP) is 4.19. The highest BCUT2D eigenvalue weighted by molar-refractivity contribution is 5.98. The Balaban J connectivity index is 1.68. The second kappa shape index (κ2) is 11.1. The average molecular weight is 506 g/mol. The van der Waals surface area contributed by atoms with E-state index in [4.69, 9.17) is 4.74 Å². The fraction of sp³-hybridized carbons (Fsp3) is 0.345. The molecule has 1 aliphatic rings. The molecule has 0 aliphatic carbocycles. The maximum atomic E-state index is 13.7. The number of hydrogen-bond donors (Lipinski definition) is 1. The number of aliphatic hydroxyl groups is 1. The second-order valence-corrected chi connectivity index (χ2v) is 9.71. The van der Waals surface area contributed by atoms with Crippen LogP contribution in [0.3, 0.4) is 0 Å². The molecule has 0 saturated carbocycles. The van der Waals surface area contributed by atoms with Crippen LogP contribution in [0.25, 0.3) is 11.1 Å². The molecule has 0 saturated heterocycles. The molecule has 3 aromatic rings. The summed E-state index contributed by atoms with van der Waals surface area (Å²) in [6, 6.07) is 14.6. The van der Waals surface area contributed by atoms with Gasteiger partial charge in [0.2, 0.25) is 5.88 Å². The van der Waals surface area contributed by atoms with Crippen molar-refractivity contribution in [1.82, 2.24) is 14.8 Å². The number of hydrogen-bond acceptors (Lipinski definition) is 5. The van der Waals surface area contributed by atoms with Crippen molar-refractivity contribution in [1.29, 1.82) is 0 Å². The summed E-state index contributed by atoms with van der Waals surface area (Å²) >= 11 is 0. The van der Waals surface area contributed by atoms with Gasteiger partial charge in [-0.05, 0) is 55.3 Å². The Morgan fingerprint density at radius 1 is 1.22 bits per heavy atom. The minimum absolute atomic E-state index is 0.174. The first-order chi connectivity index (χ1) is 17.7. The number of halogens is 1. The van der Waals surface area contributed by atoms with Crippen LogP contribution in [-0.2, 0) is 0 Å². The molecule has 2 amide bonds. The van der Waals surface area contributed by atoms with Crippen LogP contribution >= 0.6 is 0 Å². The van der Waals surface area contributed by atoms with Crippen molar-refractivity contribution in [2.24, 2.45) is 5.92 Å². The van der Waals surface area contributed by atoms with Crippen molar-refractivity contribution in [2.45, 2.75) is 32.9 Å². The number of likely N-dealkylation sites (N-methyl/N-ethyl adjacent to an activating group) is 1. The van der Waals surface area contributed by atoms with Gasteiger partial charge >= 0.3 is 0 Å². The maximum Gasteiger partial charge on any atom is 0.259 e. The summed E-state index contributed by atoms with van der Waals surface area (Å²) in [5, 5.41) is 9.88. The molecule has 1 aromatic heterocycles. The van der Waals surface area contributed by atoms with Gasteiger partial charge in [-0.25, -0.2) is 9.37 Å². The van der Waals surface area contributed by atoms with E-state index in [1.807, 2.05) is 38.1 Å². The highest BCUT2D eigenvalue weighted by Crippen LogP contribution is 2.31. The summed E-state index contributed by atoms with van der Waals surface area (Å²) in [6.07, 6.45) is 1.21. The van der Waals surface area contributed by atoms with E-state index in [0.29, 0.717) is 17.7 Å². The largest absolute Gasteiger partial charge is 0.472 e. The zero-order valence-corrected chi connectivity index (χ0v) is 21.5. The van der Waals surface area contributed by atoms with E-state index < -0.39 is 18.0 Å². The van der Waals surface area contributed by atoms with Crippen LogP contribution in [0.2, 0.25) is 0 Å². The highest BCUT2D eigenvalue weighted by atomic mass is 19.1. The van der Waals surface area contributed by atoms with Gasteiger partial charge < -0.3 is 19.6 Å². The van der Waals surface area contributed by atoms with Crippen LogP contribution in [0.1, 0.15) is 40.1 Å². The number of fused-ring (bicyclic) bond motifs is 1. The molecule has 2 aromatic carbocycles. The standard InChI is InChI=1S/C29H32FN3O4/c1-18-7-5-6-8-24(18)22-13-25-27(31-14-22)37-26(19(2)15-33(29(25)36)20(3)17-34)16-32(4)28(35)21-9-11-23(30)12-10-21/h5-14,19-20,26,34H,15-17H2,1-4H3/t19-,20-,26-/m0/s1. The van der Waals surface area contributed by atoms with Gasteiger partial charge in [-0.3, -0.25) is 9.59 Å². The monoisotopic (exact) mass is 505 g/mol. The summed E-state index contributed by atoms with van der Waals surface area (Å²) in [4.78, 5) is 34.3. The Kier molecular flexibility index (Phi) is 7.88. The molecule has 0 spiro atoms. The number of carbonyl (C=O) groups excluding carboxylic acids is 2. The van der Waals surface area contributed by atoms with Gasteiger partial charge in [0.05, 0.1) is 19.2 Å². The normalized spacial score (nSPS) is 18.3. The Morgan fingerprint density at radius 3 is 2.59 bits per heavy atom. The van der Waals surface area contributed by atoms with E-state index in [1.54, 1.807) is 31.1 Å². The number of amides is 2. The second-order valence-electron chi connectivity index (χ2n) is 9.71. The molecule has 0 bridgehead atoms. The van der Waals surface area contributed by atoms with Gasteiger partial charge in [-0.1, -0.05) is 31.2 Å². The van der Waals surface area contributed by atoms with E-state index in [1.165, 1.54) is 29.2 Å². The topological polar surface area (TPSA) is 83.0 Å². The van der Waals surface area contributed by atoms with Gasteiger partial charge in [0.1, 0.15) is 17.5 Å². The molecule has 4 rings (SSSR count). The Bertz CT molecular complexity index is 1280. The van der Waals surface area contributed by atoms with Crippen molar-refractivity contribution >= 4 is 11.8 Å². The fourth-order valence-electron chi connectivity index (χ4n) is 4.53. The lowest BCUT2D eigenvalue weighted by Crippen LogP contribution is -2.50. The first kappa shape index (κ1) is 26.3. The first-order valence-corrected chi connectivity index (χ1v) is 12.3. The number of aromatic nitrogens is 1. The lowest BCUT2D eigenvalue weighted by atomic mass is 9.98. The van der Waals surface area contributed by atoms with E-state index in [0.717, 1.165) is 16.7 Å². The zero-order chi connectivity index (χ0) is 26.7. The number of nitrogens with zero attached hydrogens (tertiary/aromatic N) is 3. The third-order valence-corrected chi connectivity index (χ3v) is 6.87. The Morgan fingerprint density at radius 2 is 1.92 bits per heavy atom. The molecular weight excluding hydrogens is 473 g/mol. The minimum atomic E-state index is -0.480. The van der Waals surface area contributed by atoms with Crippen LogP contribution < -0.4 is 4.74 Å². The molecule has 0 fully saturated rings. The van der Waals surface area contributed by atoms with Gasteiger partial charge in [0.15, 0.2) is 0 Å². The number of ether oxygens (including phenoxy) is 1. The number of benzene rings is 2. The predicted molar refractivity (Wildman–Crippen MR) is 139 cm³/mol. The van der Waals surface area contributed by atoms with Crippen LogP contribution in [0.5, 0.6) is 5.88 Å². The van der Waals surface area contributed by atoms with Gasteiger partial charge in [0.25, 0.3) is 11.8 Å². The van der Waals surface area contributed by atoms with E-state index >= 15 is 0 Å². The van der Waals surface area contributed by atoms with Crippen molar-refractivity contribution < 1.29 is 23.8 Å². The van der Waals surface area contributed by atoms with Crippen LogP contribution in [-0.4, -0.2) is 70.6 Å². The van der Waals surface area contributed by atoms with Gasteiger partial charge in [-0.2, -0.15) is 0 Å². The van der Waals surface area contributed by atoms with Gasteiger partial charge in [-0.15, -0.1) is 0 Å². The molecular formula is C29H32FN3O4. The minimum Gasteiger partial charge on any atom is -0.472 e. The Labute approximate surface area is 216 Å². The summed E-state index contributed by atoms with van der Waals surface area (Å²) in [7, 11) is 1.66. The molecule has 1 N–H and O–H groups in total. The summed E-state index contributed by atoms with van der Waals surface area (Å²) in [5.74, 6) is -0.922. The summed E-state index contributed by atoms with van der Waals surface area (Å²) in [5.41, 5.74) is 3.49. The number of rotatable bonds is 6. The van der Waals surface area contributed by atoms with Crippen LogP contribution in [0.4, 0.5) is 4.39 Å². The molecule has 37 heavy (non-hydrogen) atoms. The lowest BCUT2D eigenvalue weighted by Gasteiger charge is -2.37. The molecule has 2 heterocycles. The number of aliphatic hydroxyl groups excluding tert-OH is 1. The van der Waals surface area contributed by atoms with Crippen molar-refractivity contribution in [3.8, 4) is 17.0 Å². The fourth-order valence-corrected chi connectivity index (χ4v) is 4.53. The SMILES string of the molecule is Cc1ccccc1-c1cnc2c(c1)C(=O)N([C@@H](C)CO)C[C@H](C)[C@H](CN(C)C(=O)c1ccc(F)cc1)O2. The van der Waals surface area contributed by atoms with E-state index in [-0.39, 0.29) is 36.8 Å². The molecule has 0 radical (unpaired) electrons.